The molecular weight excluding hydrogens is 452 g/mol. The van der Waals surface area contributed by atoms with Gasteiger partial charge in [-0.3, -0.25) is 4.79 Å². The van der Waals surface area contributed by atoms with Gasteiger partial charge < -0.3 is 14.4 Å². The van der Waals surface area contributed by atoms with E-state index < -0.39 is 10.0 Å². The molecule has 3 rings (SSSR count). The summed E-state index contributed by atoms with van der Waals surface area (Å²) >= 11 is 6.08. The van der Waals surface area contributed by atoms with Crippen molar-refractivity contribution >= 4 is 27.5 Å². The smallest absolute Gasteiger partial charge is 0.253 e. The Labute approximate surface area is 194 Å². The second kappa shape index (κ2) is 10.6. The lowest BCUT2D eigenvalue weighted by Gasteiger charge is -2.32. The number of nitrogens with zero attached hydrogens (tertiary/aromatic N) is 2. The molecule has 1 amide bonds. The number of rotatable bonds is 8. The first-order valence-corrected chi connectivity index (χ1v) is 12.4. The number of piperidine rings is 1. The van der Waals surface area contributed by atoms with E-state index in [2.05, 4.69) is 0 Å². The second-order valence-corrected chi connectivity index (χ2v) is 10.1. The predicted octanol–water partition coefficient (Wildman–Crippen LogP) is 4.06. The number of sulfonamides is 1. The Bertz CT molecular complexity index is 1060. The standard InChI is InChI=1S/C23H29ClN2O5S/c1-17-8-6-7-13-26(17)32(28,29)22-16-18(11-12-21(22)30-3)23(27)25(2)14-15-31-20-10-5-4-9-19(20)24/h4-5,9-12,16-17H,6-8,13-15H2,1-3H3/t17-/m0/s1. The average Bonchev–Trinajstić information content (AvgIpc) is 2.79. The molecular formula is C23H29ClN2O5S. The van der Waals surface area contributed by atoms with Crippen molar-refractivity contribution in [2.45, 2.75) is 37.1 Å². The van der Waals surface area contributed by atoms with Crippen LogP contribution in [0.3, 0.4) is 0 Å². The van der Waals surface area contributed by atoms with E-state index in [1.807, 2.05) is 19.1 Å². The molecule has 174 valence electrons. The quantitative estimate of drug-likeness (QED) is 0.569. The minimum absolute atomic E-state index is 0.0142. The SMILES string of the molecule is COc1ccc(C(=O)N(C)CCOc2ccccc2Cl)cc1S(=O)(=O)N1CCCC[C@@H]1C. The van der Waals surface area contributed by atoms with Gasteiger partial charge >= 0.3 is 0 Å². The van der Waals surface area contributed by atoms with E-state index in [9.17, 15) is 13.2 Å². The van der Waals surface area contributed by atoms with Gasteiger partial charge in [-0.1, -0.05) is 30.2 Å². The van der Waals surface area contributed by atoms with E-state index in [-0.39, 0.29) is 34.8 Å². The first-order chi connectivity index (χ1) is 15.3. The molecule has 2 aromatic rings. The Morgan fingerprint density at radius 3 is 2.62 bits per heavy atom. The molecule has 0 unspecified atom stereocenters. The van der Waals surface area contributed by atoms with Crippen molar-refractivity contribution in [2.75, 3.05) is 33.9 Å². The normalized spacial score (nSPS) is 17.1. The molecule has 1 aliphatic heterocycles. The zero-order valence-corrected chi connectivity index (χ0v) is 20.2. The zero-order chi connectivity index (χ0) is 23.3. The molecule has 0 saturated carbocycles. The van der Waals surface area contributed by atoms with Crippen LogP contribution in [-0.2, 0) is 10.0 Å². The van der Waals surface area contributed by atoms with Crippen LogP contribution in [-0.4, -0.2) is 63.4 Å². The minimum atomic E-state index is -3.80. The van der Waals surface area contributed by atoms with Crippen LogP contribution in [0.25, 0.3) is 0 Å². The lowest BCUT2D eigenvalue weighted by Crippen LogP contribution is -2.42. The molecule has 1 fully saturated rings. The van der Waals surface area contributed by atoms with Crippen LogP contribution >= 0.6 is 11.6 Å². The van der Waals surface area contributed by atoms with Crippen molar-refractivity contribution in [1.82, 2.24) is 9.21 Å². The van der Waals surface area contributed by atoms with Gasteiger partial charge in [-0.05, 0) is 50.1 Å². The summed E-state index contributed by atoms with van der Waals surface area (Å²) in [5.74, 6) is 0.464. The molecule has 1 heterocycles. The molecule has 0 aromatic heterocycles. The highest BCUT2D eigenvalue weighted by Gasteiger charge is 2.33. The number of ether oxygens (including phenoxy) is 2. The first kappa shape index (κ1) is 24.4. The minimum Gasteiger partial charge on any atom is -0.495 e. The van der Waals surface area contributed by atoms with E-state index >= 15 is 0 Å². The van der Waals surface area contributed by atoms with Crippen molar-refractivity contribution in [3.63, 3.8) is 0 Å². The largest absolute Gasteiger partial charge is 0.495 e. The lowest BCUT2D eigenvalue weighted by molar-refractivity contribution is 0.0773. The number of amides is 1. The molecule has 0 N–H and O–H groups in total. The number of carbonyl (C=O) groups excluding carboxylic acids is 1. The zero-order valence-electron chi connectivity index (χ0n) is 18.6. The third-order valence-corrected chi connectivity index (χ3v) is 7.95. The number of para-hydroxylation sites is 1. The molecule has 9 heteroatoms. The fraction of sp³-hybridized carbons (Fsp3) is 0.435. The summed E-state index contributed by atoms with van der Waals surface area (Å²) in [5.41, 5.74) is 0.272. The number of hydrogen-bond acceptors (Lipinski definition) is 5. The van der Waals surface area contributed by atoms with Crippen molar-refractivity contribution in [3.05, 3.63) is 53.1 Å². The molecule has 7 nitrogen and oxygen atoms in total. The summed E-state index contributed by atoms with van der Waals surface area (Å²) < 4.78 is 39.2. The van der Waals surface area contributed by atoms with Crippen molar-refractivity contribution in [1.29, 1.82) is 0 Å². The topological polar surface area (TPSA) is 76.1 Å². The Hall–Kier alpha value is -2.29. The maximum absolute atomic E-state index is 13.4. The van der Waals surface area contributed by atoms with Crippen LogP contribution in [0.4, 0.5) is 0 Å². The third kappa shape index (κ3) is 5.36. The van der Waals surface area contributed by atoms with Gasteiger partial charge in [0.05, 0.1) is 18.7 Å². The second-order valence-electron chi connectivity index (χ2n) is 7.83. The van der Waals surface area contributed by atoms with Gasteiger partial charge in [-0.2, -0.15) is 4.31 Å². The molecule has 1 aliphatic rings. The van der Waals surface area contributed by atoms with Crippen LogP contribution in [0.2, 0.25) is 5.02 Å². The molecule has 32 heavy (non-hydrogen) atoms. The predicted molar refractivity (Wildman–Crippen MR) is 124 cm³/mol. The van der Waals surface area contributed by atoms with E-state index in [1.54, 1.807) is 25.2 Å². The maximum atomic E-state index is 13.4. The Morgan fingerprint density at radius 2 is 1.94 bits per heavy atom. The first-order valence-electron chi connectivity index (χ1n) is 10.6. The number of methoxy groups -OCH3 is 1. The molecule has 2 aromatic carbocycles. The number of halogens is 1. The van der Waals surface area contributed by atoms with Gasteiger partial charge in [-0.25, -0.2) is 8.42 Å². The van der Waals surface area contributed by atoms with E-state index in [0.29, 0.717) is 23.9 Å². The number of likely N-dealkylation sites (N-methyl/N-ethyl adjacent to an activating group) is 1. The number of hydrogen-bond donors (Lipinski definition) is 0. The summed E-state index contributed by atoms with van der Waals surface area (Å²) in [6.45, 7) is 2.93. The van der Waals surface area contributed by atoms with Crippen molar-refractivity contribution < 1.29 is 22.7 Å². The Morgan fingerprint density at radius 1 is 1.19 bits per heavy atom. The summed E-state index contributed by atoms with van der Waals surface area (Å²) in [6.07, 6.45) is 2.64. The average molecular weight is 481 g/mol. The molecule has 1 saturated heterocycles. The van der Waals surface area contributed by atoms with Crippen LogP contribution in [0, 0.1) is 0 Å². The fourth-order valence-electron chi connectivity index (χ4n) is 3.74. The third-order valence-electron chi connectivity index (χ3n) is 5.61. The lowest BCUT2D eigenvalue weighted by atomic mass is 10.1. The monoisotopic (exact) mass is 480 g/mol. The van der Waals surface area contributed by atoms with Crippen LogP contribution in [0.1, 0.15) is 36.5 Å². The summed E-state index contributed by atoms with van der Waals surface area (Å²) in [6, 6.07) is 11.5. The van der Waals surface area contributed by atoms with Gasteiger partial charge in [0.1, 0.15) is 23.0 Å². The van der Waals surface area contributed by atoms with Gasteiger partial charge in [0, 0.05) is 25.2 Å². The van der Waals surface area contributed by atoms with Crippen molar-refractivity contribution in [2.24, 2.45) is 0 Å². The summed E-state index contributed by atoms with van der Waals surface area (Å²) in [4.78, 5) is 14.5. The molecule has 0 radical (unpaired) electrons. The highest BCUT2D eigenvalue weighted by atomic mass is 35.5. The van der Waals surface area contributed by atoms with Crippen LogP contribution < -0.4 is 9.47 Å². The molecule has 0 aliphatic carbocycles. The van der Waals surface area contributed by atoms with E-state index in [1.165, 1.54) is 28.4 Å². The van der Waals surface area contributed by atoms with Crippen LogP contribution in [0.15, 0.2) is 47.4 Å². The Balaban J connectivity index is 1.76. The van der Waals surface area contributed by atoms with E-state index in [4.69, 9.17) is 21.1 Å². The van der Waals surface area contributed by atoms with Crippen molar-refractivity contribution in [3.8, 4) is 11.5 Å². The highest BCUT2D eigenvalue weighted by Crippen LogP contribution is 2.32. The van der Waals surface area contributed by atoms with Gasteiger partial charge in [0.15, 0.2) is 0 Å². The molecule has 0 spiro atoms. The molecule has 0 bridgehead atoms. The maximum Gasteiger partial charge on any atom is 0.253 e. The molecule has 1 atom stereocenters. The highest BCUT2D eigenvalue weighted by molar-refractivity contribution is 7.89. The number of benzene rings is 2. The Kier molecular flexibility index (Phi) is 8.03. The van der Waals surface area contributed by atoms with E-state index in [0.717, 1.165) is 19.3 Å². The van der Waals surface area contributed by atoms with Gasteiger partial charge in [-0.15, -0.1) is 0 Å². The summed E-state index contributed by atoms with van der Waals surface area (Å²) in [5, 5.41) is 0.499. The van der Waals surface area contributed by atoms with Gasteiger partial charge in [0.25, 0.3) is 5.91 Å². The van der Waals surface area contributed by atoms with Crippen LogP contribution in [0.5, 0.6) is 11.5 Å². The fourth-order valence-corrected chi connectivity index (χ4v) is 5.82. The number of carbonyl (C=O) groups is 1. The summed E-state index contributed by atoms with van der Waals surface area (Å²) in [7, 11) is -0.729. The van der Waals surface area contributed by atoms with Gasteiger partial charge in [0.2, 0.25) is 10.0 Å².